The average molecular weight is 154 g/mol. The molecular formula is C11H22. The van der Waals surface area contributed by atoms with E-state index in [2.05, 4.69) is 48.5 Å². The fourth-order valence-corrected chi connectivity index (χ4v) is 1.02. The molecular weight excluding hydrogens is 132 g/mol. The lowest BCUT2D eigenvalue weighted by molar-refractivity contribution is 0.489. The third kappa shape index (κ3) is 3.09. The highest BCUT2D eigenvalue weighted by atomic mass is 14.2. The Morgan fingerprint density at radius 1 is 1.00 bits per heavy atom. The molecule has 0 aromatic rings. The minimum atomic E-state index is 0.342. The van der Waals surface area contributed by atoms with Crippen molar-refractivity contribution in [3.8, 4) is 0 Å². The van der Waals surface area contributed by atoms with Crippen LogP contribution in [0.3, 0.4) is 0 Å². The Balaban J connectivity index is 4.67. The van der Waals surface area contributed by atoms with Gasteiger partial charge in [-0.2, -0.15) is 0 Å². The molecule has 0 rings (SSSR count). The fourth-order valence-electron chi connectivity index (χ4n) is 1.02. The van der Waals surface area contributed by atoms with Gasteiger partial charge in [0.25, 0.3) is 0 Å². The summed E-state index contributed by atoms with van der Waals surface area (Å²) in [5, 5.41) is 0. The predicted octanol–water partition coefficient (Wildman–Crippen LogP) is 4.02. The van der Waals surface area contributed by atoms with Crippen molar-refractivity contribution in [3.63, 3.8) is 0 Å². The third-order valence-corrected chi connectivity index (χ3v) is 2.58. The van der Waals surface area contributed by atoms with Crippen molar-refractivity contribution in [2.75, 3.05) is 0 Å². The van der Waals surface area contributed by atoms with Gasteiger partial charge in [0.05, 0.1) is 0 Å². The lowest BCUT2D eigenvalue weighted by Gasteiger charge is -2.24. The molecule has 0 N–H and O–H groups in total. The van der Waals surface area contributed by atoms with Crippen molar-refractivity contribution in [2.45, 2.75) is 48.5 Å². The Morgan fingerprint density at radius 2 is 1.36 bits per heavy atom. The van der Waals surface area contributed by atoms with Crippen molar-refractivity contribution in [1.82, 2.24) is 0 Å². The third-order valence-electron chi connectivity index (χ3n) is 2.58. The zero-order valence-electron chi connectivity index (χ0n) is 9.08. The average Bonchev–Trinajstić information content (AvgIpc) is 1.82. The molecule has 0 saturated heterocycles. The van der Waals surface area contributed by atoms with E-state index in [9.17, 15) is 0 Å². The summed E-state index contributed by atoms with van der Waals surface area (Å²) in [6.07, 6.45) is 0. The summed E-state index contributed by atoms with van der Waals surface area (Å²) in [5.41, 5.74) is 3.42. The van der Waals surface area contributed by atoms with Crippen molar-refractivity contribution >= 4 is 0 Å². The molecule has 0 radical (unpaired) electrons. The van der Waals surface area contributed by atoms with E-state index in [4.69, 9.17) is 0 Å². The Labute approximate surface area is 71.7 Å². The highest BCUT2D eigenvalue weighted by Crippen LogP contribution is 2.29. The van der Waals surface area contributed by atoms with E-state index in [1.165, 1.54) is 11.1 Å². The molecule has 0 heteroatoms. The quantitative estimate of drug-likeness (QED) is 0.500. The second-order valence-electron chi connectivity index (χ2n) is 4.71. The van der Waals surface area contributed by atoms with Gasteiger partial charge in [-0.1, -0.05) is 45.8 Å². The van der Waals surface area contributed by atoms with Crippen LogP contribution in [0.1, 0.15) is 48.5 Å². The molecule has 0 heterocycles. The molecule has 0 aliphatic carbocycles. The SMILES string of the molecule is CC(=C(C)C(C)(C)C)C(C)C. The van der Waals surface area contributed by atoms with Gasteiger partial charge in [-0.3, -0.25) is 0 Å². The lowest BCUT2D eigenvalue weighted by Crippen LogP contribution is -2.10. The van der Waals surface area contributed by atoms with Gasteiger partial charge in [0, 0.05) is 0 Å². The van der Waals surface area contributed by atoms with Gasteiger partial charge in [-0.15, -0.1) is 0 Å². The second-order valence-corrected chi connectivity index (χ2v) is 4.71. The van der Waals surface area contributed by atoms with Crippen LogP contribution in [-0.2, 0) is 0 Å². The van der Waals surface area contributed by atoms with Crippen LogP contribution in [0.2, 0.25) is 0 Å². The number of allylic oxidation sites excluding steroid dienone is 2. The number of hydrogen-bond acceptors (Lipinski definition) is 0. The van der Waals surface area contributed by atoms with Crippen LogP contribution in [0.15, 0.2) is 11.1 Å². The van der Waals surface area contributed by atoms with Gasteiger partial charge in [-0.05, 0) is 25.2 Å². The summed E-state index contributed by atoms with van der Waals surface area (Å²) in [5.74, 6) is 0.689. The van der Waals surface area contributed by atoms with Gasteiger partial charge in [0.1, 0.15) is 0 Å². The standard InChI is InChI=1S/C11H22/c1-8(2)9(3)10(4)11(5,6)7/h8H,1-7H3. The van der Waals surface area contributed by atoms with E-state index in [0.29, 0.717) is 11.3 Å². The maximum atomic E-state index is 2.27. The largest absolute Gasteiger partial charge is 0.0713 e. The van der Waals surface area contributed by atoms with E-state index in [1.807, 2.05) is 0 Å². The normalized spacial score (nSPS) is 15.3. The molecule has 0 saturated carbocycles. The Morgan fingerprint density at radius 3 is 1.45 bits per heavy atom. The van der Waals surface area contributed by atoms with Crippen molar-refractivity contribution in [2.24, 2.45) is 11.3 Å². The molecule has 0 aromatic carbocycles. The van der Waals surface area contributed by atoms with Gasteiger partial charge in [-0.25, -0.2) is 0 Å². The number of hydrogen-bond donors (Lipinski definition) is 0. The van der Waals surface area contributed by atoms with Crippen LogP contribution < -0.4 is 0 Å². The Hall–Kier alpha value is -0.260. The van der Waals surface area contributed by atoms with Gasteiger partial charge >= 0.3 is 0 Å². The van der Waals surface area contributed by atoms with Crippen LogP contribution in [0.4, 0.5) is 0 Å². The fraction of sp³-hybridized carbons (Fsp3) is 0.818. The zero-order chi connectivity index (χ0) is 9.23. The van der Waals surface area contributed by atoms with Crippen LogP contribution >= 0.6 is 0 Å². The van der Waals surface area contributed by atoms with E-state index in [1.54, 1.807) is 0 Å². The molecule has 0 bridgehead atoms. The summed E-state index contributed by atoms with van der Waals surface area (Å²) in [6, 6.07) is 0. The maximum Gasteiger partial charge on any atom is -0.0173 e. The summed E-state index contributed by atoms with van der Waals surface area (Å²) in [7, 11) is 0. The Bertz CT molecular complexity index is 153. The summed E-state index contributed by atoms with van der Waals surface area (Å²) in [6.45, 7) is 15.8. The zero-order valence-corrected chi connectivity index (χ0v) is 9.08. The van der Waals surface area contributed by atoms with E-state index < -0.39 is 0 Å². The van der Waals surface area contributed by atoms with E-state index in [0.717, 1.165) is 0 Å². The van der Waals surface area contributed by atoms with Crippen LogP contribution in [0.25, 0.3) is 0 Å². The first-order valence-corrected chi connectivity index (χ1v) is 4.44. The highest BCUT2D eigenvalue weighted by Gasteiger charge is 2.15. The lowest BCUT2D eigenvalue weighted by atomic mass is 9.82. The molecule has 0 fully saturated rings. The first kappa shape index (κ1) is 10.7. The van der Waals surface area contributed by atoms with Crippen LogP contribution in [0.5, 0.6) is 0 Å². The van der Waals surface area contributed by atoms with Crippen LogP contribution in [-0.4, -0.2) is 0 Å². The van der Waals surface area contributed by atoms with Crippen molar-refractivity contribution in [1.29, 1.82) is 0 Å². The molecule has 11 heavy (non-hydrogen) atoms. The molecule has 0 aromatic heterocycles. The van der Waals surface area contributed by atoms with Gasteiger partial charge < -0.3 is 0 Å². The second kappa shape index (κ2) is 3.42. The summed E-state index contributed by atoms with van der Waals surface area (Å²) >= 11 is 0. The van der Waals surface area contributed by atoms with Crippen molar-refractivity contribution in [3.05, 3.63) is 11.1 Å². The van der Waals surface area contributed by atoms with Gasteiger partial charge in [0.15, 0.2) is 0 Å². The first-order valence-electron chi connectivity index (χ1n) is 4.44. The molecule has 0 atom stereocenters. The monoisotopic (exact) mass is 154 g/mol. The maximum absolute atomic E-state index is 2.27. The molecule has 0 unspecified atom stereocenters. The van der Waals surface area contributed by atoms with E-state index in [-0.39, 0.29) is 0 Å². The predicted molar refractivity (Wildman–Crippen MR) is 52.7 cm³/mol. The molecule has 0 aliphatic heterocycles. The Kier molecular flexibility index (Phi) is 3.34. The summed E-state index contributed by atoms with van der Waals surface area (Å²) < 4.78 is 0. The highest BCUT2D eigenvalue weighted by molar-refractivity contribution is 5.17. The smallest absolute Gasteiger partial charge is 0.0173 e. The molecule has 66 valence electrons. The first-order chi connectivity index (χ1) is 4.76. The van der Waals surface area contributed by atoms with Crippen molar-refractivity contribution < 1.29 is 0 Å². The van der Waals surface area contributed by atoms with Crippen LogP contribution in [0, 0.1) is 11.3 Å². The molecule has 0 nitrogen and oxygen atoms in total. The molecule has 0 amide bonds. The number of rotatable bonds is 1. The molecule has 0 spiro atoms. The molecule has 0 aliphatic rings. The minimum Gasteiger partial charge on any atom is -0.0713 e. The minimum absolute atomic E-state index is 0.342. The van der Waals surface area contributed by atoms with E-state index >= 15 is 0 Å². The summed E-state index contributed by atoms with van der Waals surface area (Å²) in [4.78, 5) is 0. The topological polar surface area (TPSA) is 0 Å². The van der Waals surface area contributed by atoms with Gasteiger partial charge in [0.2, 0.25) is 0 Å².